The first-order valence-corrected chi connectivity index (χ1v) is 8.64. The largest absolute Gasteiger partial charge is 0.351 e. The van der Waals surface area contributed by atoms with E-state index >= 15 is 4.39 Å². The Morgan fingerprint density at radius 1 is 1.35 bits per heavy atom. The number of halogens is 1. The van der Waals surface area contributed by atoms with Gasteiger partial charge < -0.3 is 10.1 Å². The molecule has 1 N–H and O–H groups in total. The van der Waals surface area contributed by atoms with Crippen molar-refractivity contribution in [3.63, 3.8) is 0 Å². The van der Waals surface area contributed by atoms with Crippen molar-refractivity contribution in [2.45, 2.75) is 45.2 Å². The van der Waals surface area contributed by atoms with Gasteiger partial charge in [0.2, 0.25) is 0 Å². The molecule has 0 unspecified atom stereocenters. The zero-order valence-corrected chi connectivity index (χ0v) is 15.0. The van der Waals surface area contributed by atoms with Crippen LogP contribution < -0.4 is 11.0 Å². The van der Waals surface area contributed by atoms with Gasteiger partial charge in [0.05, 0.1) is 6.10 Å². The molecule has 7 heteroatoms. The van der Waals surface area contributed by atoms with Crippen LogP contribution in [0.5, 0.6) is 0 Å². The highest BCUT2D eigenvalue weighted by Gasteiger charge is 2.52. The molecule has 0 spiro atoms. The lowest BCUT2D eigenvalue weighted by molar-refractivity contribution is -0.0500. The number of nitrogens with zero attached hydrogens (tertiary/aromatic N) is 2. The van der Waals surface area contributed by atoms with Crippen LogP contribution in [0.15, 0.2) is 47.4 Å². The van der Waals surface area contributed by atoms with E-state index < -0.39 is 17.6 Å². The average molecular weight is 359 g/mol. The first-order chi connectivity index (χ1) is 12.3. The van der Waals surface area contributed by atoms with Crippen LogP contribution in [-0.2, 0) is 4.74 Å². The third kappa shape index (κ3) is 3.26. The second-order valence-electron chi connectivity index (χ2n) is 6.70. The van der Waals surface area contributed by atoms with Crippen molar-refractivity contribution < 1.29 is 13.9 Å². The fourth-order valence-corrected chi connectivity index (χ4v) is 3.23. The smallest absolute Gasteiger partial charge is 0.351 e. The summed E-state index contributed by atoms with van der Waals surface area (Å²) in [6.07, 6.45) is 0.758. The summed E-state index contributed by atoms with van der Waals surface area (Å²) in [4.78, 5) is 28.4. The number of anilines is 1. The van der Waals surface area contributed by atoms with Crippen LogP contribution in [0, 0.1) is 5.92 Å². The number of carbonyl (C=O) groups is 1. The predicted octanol–water partition coefficient (Wildman–Crippen LogP) is 3.17. The quantitative estimate of drug-likeness (QED) is 0.910. The Morgan fingerprint density at radius 3 is 2.62 bits per heavy atom. The molecular formula is C19H22FN3O3. The molecule has 1 amide bonds. The van der Waals surface area contributed by atoms with E-state index in [1.54, 1.807) is 37.3 Å². The molecular weight excluding hydrogens is 337 g/mol. The van der Waals surface area contributed by atoms with Crippen molar-refractivity contribution in [2.24, 2.45) is 5.92 Å². The summed E-state index contributed by atoms with van der Waals surface area (Å²) >= 11 is 0. The summed E-state index contributed by atoms with van der Waals surface area (Å²) in [7, 11) is 0. The highest BCUT2D eigenvalue weighted by atomic mass is 19.1. The van der Waals surface area contributed by atoms with E-state index in [-0.39, 0.29) is 23.7 Å². The molecule has 0 radical (unpaired) electrons. The Morgan fingerprint density at radius 2 is 2.04 bits per heavy atom. The Kier molecular flexibility index (Phi) is 4.91. The Bertz CT molecular complexity index is 851. The number of nitrogens with one attached hydrogen (secondary N) is 1. The summed E-state index contributed by atoms with van der Waals surface area (Å²) in [6.45, 7) is 5.14. The van der Waals surface area contributed by atoms with Crippen LogP contribution in [0.4, 0.5) is 10.2 Å². The number of hydrogen-bond acceptors (Lipinski definition) is 4. The predicted molar refractivity (Wildman–Crippen MR) is 95.8 cm³/mol. The van der Waals surface area contributed by atoms with Gasteiger partial charge in [-0.1, -0.05) is 32.0 Å². The molecule has 2 heterocycles. The van der Waals surface area contributed by atoms with Crippen molar-refractivity contribution in [3.05, 3.63) is 58.6 Å². The van der Waals surface area contributed by atoms with Gasteiger partial charge in [-0.15, -0.1) is 0 Å². The van der Waals surface area contributed by atoms with Crippen LogP contribution in [0.2, 0.25) is 0 Å². The number of ether oxygens (including phenoxy) is 1. The zero-order valence-electron chi connectivity index (χ0n) is 15.0. The standard InChI is InChI=1S/C19H22FN3O3/c1-4-14-12(2)19(3,20)17(26-14)23-11-10-15(22-18(23)25)21-16(24)13-8-6-5-7-9-13/h5-12,14,17H,4H2,1-3H3,(H,21,22,24,25)/t12-,14-,17-,19-/m1/s1. The second-order valence-corrected chi connectivity index (χ2v) is 6.70. The van der Waals surface area contributed by atoms with Crippen LogP contribution in [0.3, 0.4) is 0 Å². The lowest BCUT2D eigenvalue weighted by Crippen LogP contribution is -2.38. The van der Waals surface area contributed by atoms with Crippen LogP contribution in [-0.4, -0.2) is 27.2 Å². The molecule has 0 bridgehead atoms. The third-order valence-electron chi connectivity index (χ3n) is 5.00. The fourth-order valence-electron chi connectivity index (χ4n) is 3.23. The summed E-state index contributed by atoms with van der Waals surface area (Å²) in [5.41, 5.74) is -1.91. The maximum Gasteiger partial charge on any atom is 0.351 e. The second kappa shape index (κ2) is 6.99. The first kappa shape index (κ1) is 18.3. The van der Waals surface area contributed by atoms with Crippen molar-refractivity contribution in [3.8, 4) is 0 Å². The van der Waals surface area contributed by atoms with Crippen molar-refractivity contribution in [1.82, 2.24) is 9.55 Å². The molecule has 26 heavy (non-hydrogen) atoms. The highest BCUT2D eigenvalue weighted by molar-refractivity contribution is 6.03. The number of hydrogen-bond donors (Lipinski definition) is 1. The van der Waals surface area contributed by atoms with E-state index in [9.17, 15) is 9.59 Å². The molecule has 4 atom stereocenters. The van der Waals surface area contributed by atoms with E-state index in [0.717, 1.165) is 4.57 Å². The van der Waals surface area contributed by atoms with Crippen LogP contribution in [0.1, 0.15) is 43.8 Å². The van der Waals surface area contributed by atoms with E-state index in [2.05, 4.69) is 10.3 Å². The molecule has 0 saturated carbocycles. The summed E-state index contributed by atoms with van der Waals surface area (Å²) in [5, 5.41) is 2.57. The average Bonchev–Trinajstić information content (AvgIpc) is 2.85. The molecule has 0 aliphatic carbocycles. The van der Waals surface area contributed by atoms with Gasteiger partial charge in [0.25, 0.3) is 5.91 Å². The van der Waals surface area contributed by atoms with Crippen LogP contribution >= 0.6 is 0 Å². The zero-order chi connectivity index (χ0) is 18.9. The molecule has 2 aromatic rings. The molecule has 1 aliphatic heterocycles. The number of aromatic nitrogens is 2. The van der Waals surface area contributed by atoms with Gasteiger partial charge in [-0.25, -0.2) is 9.18 Å². The molecule has 6 nitrogen and oxygen atoms in total. The van der Waals surface area contributed by atoms with Gasteiger partial charge in [0.1, 0.15) is 5.82 Å². The van der Waals surface area contributed by atoms with Gasteiger partial charge in [0.15, 0.2) is 11.9 Å². The topological polar surface area (TPSA) is 73.2 Å². The molecule has 1 fully saturated rings. The molecule has 1 aromatic heterocycles. The molecule has 138 valence electrons. The van der Waals surface area contributed by atoms with E-state index in [1.165, 1.54) is 19.2 Å². The van der Waals surface area contributed by atoms with Crippen molar-refractivity contribution in [1.29, 1.82) is 0 Å². The van der Waals surface area contributed by atoms with E-state index in [0.29, 0.717) is 12.0 Å². The third-order valence-corrected chi connectivity index (χ3v) is 5.00. The van der Waals surface area contributed by atoms with Crippen LogP contribution in [0.25, 0.3) is 0 Å². The normalized spacial score (nSPS) is 28.1. The maximum atomic E-state index is 15.1. The molecule has 1 saturated heterocycles. The lowest BCUT2D eigenvalue weighted by Gasteiger charge is -2.25. The minimum atomic E-state index is -1.69. The Hall–Kier alpha value is -2.54. The summed E-state index contributed by atoms with van der Waals surface area (Å²) in [5.74, 6) is -0.608. The van der Waals surface area contributed by atoms with Gasteiger partial charge in [-0.05, 0) is 31.5 Å². The summed E-state index contributed by atoms with van der Waals surface area (Å²) < 4.78 is 22.0. The van der Waals surface area contributed by atoms with E-state index in [4.69, 9.17) is 4.74 Å². The number of rotatable bonds is 4. The van der Waals surface area contributed by atoms with Gasteiger partial charge >= 0.3 is 5.69 Å². The first-order valence-electron chi connectivity index (χ1n) is 8.64. The fraction of sp³-hybridized carbons (Fsp3) is 0.421. The van der Waals surface area contributed by atoms with Gasteiger partial charge in [0, 0.05) is 17.7 Å². The van der Waals surface area contributed by atoms with Crippen molar-refractivity contribution >= 4 is 11.7 Å². The minimum Gasteiger partial charge on any atom is -0.351 e. The Balaban J connectivity index is 1.82. The number of alkyl halides is 1. The number of benzene rings is 1. The number of carbonyl (C=O) groups excluding carboxylic acids is 1. The number of amides is 1. The summed E-state index contributed by atoms with van der Waals surface area (Å²) in [6, 6.07) is 10.1. The molecule has 1 aromatic carbocycles. The lowest BCUT2D eigenvalue weighted by atomic mass is 9.88. The molecule has 1 aliphatic rings. The van der Waals surface area contributed by atoms with Gasteiger partial charge in [-0.3, -0.25) is 9.36 Å². The Labute approximate surface area is 151 Å². The monoisotopic (exact) mass is 359 g/mol. The SMILES string of the molecule is CC[C@H]1O[C@@H](n2ccc(NC(=O)c3ccccc3)nc2=O)[C@](C)(F)[C@@H]1C. The molecule has 3 rings (SSSR count). The minimum absolute atomic E-state index is 0.110. The van der Waals surface area contributed by atoms with Crippen molar-refractivity contribution in [2.75, 3.05) is 5.32 Å². The van der Waals surface area contributed by atoms with Gasteiger partial charge in [-0.2, -0.15) is 4.98 Å². The van der Waals surface area contributed by atoms with E-state index in [1.807, 2.05) is 6.92 Å². The maximum absolute atomic E-state index is 15.1. The highest BCUT2D eigenvalue weighted by Crippen LogP contribution is 2.45.